The lowest BCUT2D eigenvalue weighted by Crippen LogP contribution is -2.33. The number of allylic oxidation sites excluding steroid dienone is 1. The van der Waals surface area contributed by atoms with E-state index in [9.17, 15) is 14.4 Å². The number of hydrogen-bond donors (Lipinski definition) is 0. The topological polar surface area (TPSA) is 82.1 Å². The van der Waals surface area contributed by atoms with Crippen LogP contribution in [-0.4, -0.2) is 51.2 Å². The molecule has 1 heterocycles. The maximum atomic E-state index is 11.8. The zero-order valence-electron chi connectivity index (χ0n) is 12.1. The van der Waals surface area contributed by atoms with Crippen LogP contribution < -0.4 is 0 Å². The molecule has 0 saturated heterocycles. The minimum atomic E-state index is -0.689. The number of hydrogen-bond acceptors (Lipinski definition) is 7. The Morgan fingerprint density at radius 2 is 1.35 bits per heavy atom. The Morgan fingerprint density at radius 1 is 0.900 bits per heavy atom. The van der Waals surface area contributed by atoms with Crippen LogP contribution >= 0.6 is 0 Å². The van der Waals surface area contributed by atoms with E-state index in [-0.39, 0.29) is 17.7 Å². The number of esters is 3. The smallest absolute Gasteiger partial charge is 0.355 e. The van der Waals surface area contributed by atoms with Crippen LogP contribution in [0.1, 0.15) is 13.3 Å². The SMILES string of the molecule is COC(=O)C1=C(C)N(C)C(C(=O)OC)=C(C(=O)OC)C1. The maximum absolute atomic E-state index is 11.8. The van der Waals surface area contributed by atoms with Gasteiger partial charge in [-0.1, -0.05) is 0 Å². The van der Waals surface area contributed by atoms with Crippen LogP contribution in [0.25, 0.3) is 0 Å². The summed E-state index contributed by atoms with van der Waals surface area (Å²) in [5, 5.41) is 0. The Labute approximate surface area is 116 Å². The summed E-state index contributed by atoms with van der Waals surface area (Å²) in [6, 6.07) is 0. The largest absolute Gasteiger partial charge is 0.466 e. The van der Waals surface area contributed by atoms with Gasteiger partial charge < -0.3 is 19.1 Å². The average Bonchev–Trinajstić information content (AvgIpc) is 2.47. The van der Waals surface area contributed by atoms with E-state index < -0.39 is 17.9 Å². The standard InChI is InChI=1S/C13H17NO6/c1-7-8(11(15)18-3)6-9(12(16)19-4)10(14(7)2)13(17)20-5/h6H2,1-5H3. The predicted molar refractivity (Wildman–Crippen MR) is 68.2 cm³/mol. The molecule has 0 aliphatic carbocycles. The third-order valence-electron chi connectivity index (χ3n) is 3.16. The fraction of sp³-hybridized carbons (Fsp3) is 0.462. The highest BCUT2D eigenvalue weighted by molar-refractivity contribution is 6.03. The van der Waals surface area contributed by atoms with Gasteiger partial charge in [-0.15, -0.1) is 0 Å². The molecule has 1 aliphatic heterocycles. The van der Waals surface area contributed by atoms with E-state index in [0.717, 1.165) is 0 Å². The summed E-state index contributed by atoms with van der Waals surface area (Å²) in [6.07, 6.45) is -0.0417. The molecule has 7 heteroatoms. The van der Waals surface area contributed by atoms with Gasteiger partial charge in [0.1, 0.15) is 5.70 Å². The highest BCUT2D eigenvalue weighted by Gasteiger charge is 2.34. The molecule has 20 heavy (non-hydrogen) atoms. The molecule has 0 aromatic rings. The molecule has 0 aromatic heterocycles. The molecule has 0 fully saturated rings. The summed E-state index contributed by atoms with van der Waals surface area (Å²) in [7, 11) is 5.23. The Kier molecular flexibility index (Phi) is 4.90. The Balaban J connectivity index is 3.37. The Bertz CT molecular complexity index is 517. The van der Waals surface area contributed by atoms with E-state index in [1.165, 1.54) is 26.2 Å². The lowest BCUT2D eigenvalue weighted by molar-refractivity contribution is -0.141. The van der Waals surface area contributed by atoms with E-state index in [0.29, 0.717) is 11.3 Å². The minimum Gasteiger partial charge on any atom is -0.466 e. The molecular weight excluding hydrogens is 266 g/mol. The molecule has 0 N–H and O–H groups in total. The summed E-state index contributed by atoms with van der Waals surface area (Å²) >= 11 is 0. The van der Waals surface area contributed by atoms with Gasteiger partial charge >= 0.3 is 17.9 Å². The monoisotopic (exact) mass is 283 g/mol. The second-order valence-corrected chi connectivity index (χ2v) is 4.10. The van der Waals surface area contributed by atoms with E-state index in [1.54, 1.807) is 14.0 Å². The average molecular weight is 283 g/mol. The molecule has 0 radical (unpaired) electrons. The minimum absolute atomic E-state index is 0.0417. The van der Waals surface area contributed by atoms with Crippen LogP contribution in [0.2, 0.25) is 0 Å². The van der Waals surface area contributed by atoms with Gasteiger partial charge in [0.05, 0.1) is 32.5 Å². The quantitative estimate of drug-likeness (QED) is 0.546. The molecule has 0 unspecified atom stereocenters. The highest BCUT2D eigenvalue weighted by atomic mass is 16.5. The molecule has 0 atom stereocenters. The van der Waals surface area contributed by atoms with Crippen LogP contribution in [0, 0.1) is 0 Å². The number of carbonyl (C=O) groups excluding carboxylic acids is 3. The van der Waals surface area contributed by atoms with Crippen molar-refractivity contribution in [3.05, 3.63) is 22.5 Å². The number of methoxy groups -OCH3 is 3. The molecule has 0 saturated carbocycles. The van der Waals surface area contributed by atoms with Crippen molar-refractivity contribution >= 4 is 17.9 Å². The maximum Gasteiger partial charge on any atom is 0.355 e. The van der Waals surface area contributed by atoms with E-state index in [4.69, 9.17) is 0 Å². The fourth-order valence-electron chi connectivity index (χ4n) is 1.95. The van der Waals surface area contributed by atoms with Crippen molar-refractivity contribution in [1.82, 2.24) is 4.90 Å². The van der Waals surface area contributed by atoms with E-state index >= 15 is 0 Å². The summed E-state index contributed by atoms with van der Waals surface area (Å²) in [5.41, 5.74) is 0.935. The molecule has 1 rings (SSSR count). The van der Waals surface area contributed by atoms with Gasteiger partial charge in [-0.25, -0.2) is 14.4 Å². The van der Waals surface area contributed by atoms with E-state index in [2.05, 4.69) is 14.2 Å². The van der Waals surface area contributed by atoms with Crippen molar-refractivity contribution in [2.45, 2.75) is 13.3 Å². The zero-order valence-corrected chi connectivity index (χ0v) is 12.1. The van der Waals surface area contributed by atoms with Gasteiger partial charge in [0, 0.05) is 19.2 Å². The normalized spacial score (nSPS) is 15.2. The first-order chi connectivity index (χ1) is 9.38. The first-order valence-corrected chi connectivity index (χ1v) is 5.80. The third kappa shape index (κ3) is 2.66. The third-order valence-corrected chi connectivity index (χ3v) is 3.16. The van der Waals surface area contributed by atoms with Crippen molar-refractivity contribution in [2.75, 3.05) is 28.4 Å². The number of likely N-dealkylation sites (N-methyl/N-ethyl adjacent to an activating group) is 1. The molecular formula is C13H17NO6. The van der Waals surface area contributed by atoms with Crippen LogP contribution in [0.5, 0.6) is 0 Å². The van der Waals surface area contributed by atoms with Crippen molar-refractivity contribution in [3.8, 4) is 0 Å². The van der Waals surface area contributed by atoms with Gasteiger partial charge in [0.25, 0.3) is 0 Å². The molecule has 110 valence electrons. The first kappa shape index (κ1) is 15.7. The molecule has 0 aromatic carbocycles. The Morgan fingerprint density at radius 3 is 1.80 bits per heavy atom. The van der Waals surface area contributed by atoms with Gasteiger partial charge in [0.15, 0.2) is 0 Å². The summed E-state index contributed by atoms with van der Waals surface area (Å²) in [6.45, 7) is 1.66. The second-order valence-electron chi connectivity index (χ2n) is 4.10. The van der Waals surface area contributed by atoms with Gasteiger partial charge in [-0.3, -0.25) is 0 Å². The molecule has 7 nitrogen and oxygen atoms in total. The first-order valence-electron chi connectivity index (χ1n) is 5.80. The Hall–Kier alpha value is -2.31. The molecule has 1 aliphatic rings. The molecule has 0 amide bonds. The molecule has 0 spiro atoms. The van der Waals surface area contributed by atoms with Crippen LogP contribution in [0.3, 0.4) is 0 Å². The summed E-state index contributed by atoms with van der Waals surface area (Å²) in [5.74, 6) is -1.91. The van der Waals surface area contributed by atoms with E-state index in [1.807, 2.05) is 0 Å². The second kappa shape index (κ2) is 6.23. The zero-order chi connectivity index (χ0) is 15.4. The van der Waals surface area contributed by atoms with Gasteiger partial charge in [0.2, 0.25) is 0 Å². The summed E-state index contributed by atoms with van der Waals surface area (Å²) in [4.78, 5) is 36.8. The fourth-order valence-corrected chi connectivity index (χ4v) is 1.95. The van der Waals surface area contributed by atoms with Crippen molar-refractivity contribution in [3.63, 3.8) is 0 Å². The predicted octanol–water partition coefficient (Wildman–Crippen LogP) is 0.369. The summed E-state index contributed by atoms with van der Waals surface area (Å²) < 4.78 is 14.0. The van der Waals surface area contributed by atoms with Crippen LogP contribution in [0.15, 0.2) is 22.5 Å². The van der Waals surface area contributed by atoms with Gasteiger partial charge in [-0.2, -0.15) is 0 Å². The number of rotatable bonds is 3. The number of carbonyl (C=O) groups is 3. The van der Waals surface area contributed by atoms with Crippen LogP contribution in [0.4, 0.5) is 0 Å². The van der Waals surface area contributed by atoms with Crippen LogP contribution in [-0.2, 0) is 28.6 Å². The molecule has 0 bridgehead atoms. The lowest BCUT2D eigenvalue weighted by atomic mass is 9.96. The highest BCUT2D eigenvalue weighted by Crippen LogP contribution is 2.31. The number of nitrogens with zero attached hydrogens (tertiary/aromatic N) is 1. The lowest BCUT2D eigenvalue weighted by Gasteiger charge is -2.30. The van der Waals surface area contributed by atoms with Crippen molar-refractivity contribution < 1.29 is 28.6 Å². The van der Waals surface area contributed by atoms with Crippen molar-refractivity contribution in [2.24, 2.45) is 0 Å². The van der Waals surface area contributed by atoms with Crippen molar-refractivity contribution in [1.29, 1.82) is 0 Å². The number of ether oxygens (including phenoxy) is 3. The van der Waals surface area contributed by atoms with Gasteiger partial charge in [-0.05, 0) is 6.92 Å².